The van der Waals surface area contributed by atoms with E-state index in [1.807, 2.05) is 0 Å². The van der Waals surface area contributed by atoms with Gasteiger partial charge in [0, 0.05) is 5.57 Å². The molecule has 2 nitrogen and oxygen atoms in total. The average Bonchev–Trinajstić information content (AvgIpc) is 2.31. The number of rotatable bonds is 9. The van der Waals surface area contributed by atoms with Crippen LogP contribution in [0.3, 0.4) is 0 Å². The Kier molecular flexibility index (Phi) is 9.04. The number of carbonyl (C=O) groups is 1. The molecule has 0 aliphatic heterocycles. The van der Waals surface area contributed by atoms with E-state index in [4.69, 9.17) is 4.74 Å². The van der Waals surface area contributed by atoms with Gasteiger partial charge in [0.25, 0.3) is 0 Å². The molecule has 0 spiro atoms. The minimum atomic E-state index is -0.253. The summed E-state index contributed by atoms with van der Waals surface area (Å²) in [6.07, 6.45) is 7.13. The van der Waals surface area contributed by atoms with Crippen LogP contribution < -0.4 is 0 Å². The van der Waals surface area contributed by atoms with Gasteiger partial charge < -0.3 is 4.74 Å². The zero-order valence-corrected chi connectivity index (χ0v) is 16.1. The van der Waals surface area contributed by atoms with Crippen molar-refractivity contribution in [2.75, 3.05) is 6.61 Å². The average molecular weight is 311 g/mol. The predicted octanol–water partition coefficient (Wildman–Crippen LogP) is 6.15. The molecule has 0 aromatic heterocycles. The van der Waals surface area contributed by atoms with E-state index >= 15 is 0 Å². The van der Waals surface area contributed by atoms with Crippen molar-refractivity contribution in [3.05, 3.63) is 12.2 Å². The molecular formula is C20H38O2. The molecule has 0 unspecified atom stereocenters. The molecule has 0 saturated heterocycles. The molecule has 130 valence electrons. The zero-order chi connectivity index (χ0) is 17.4. The second-order valence-electron chi connectivity index (χ2n) is 9.15. The van der Waals surface area contributed by atoms with Crippen molar-refractivity contribution in [1.82, 2.24) is 0 Å². The molecule has 0 N–H and O–H groups in total. The van der Waals surface area contributed by atoms with Gasteiger partial charge in [-0.2, -0.15) is 0 Å². The van der Waals surface area contributed by atoms with Crippen LogP contribution in [-0.2, 0) is 9.53 Å². The molecule has 0 aliphatic rings. The molecule has 0 amide bonds. The lowest BCUT2D eigenvalue weighted by molar-refractivity contribution is -0.140. The molecule has 0 aromatic carbocycles. The normalized spacial score (nSPS) is 12.5. The summed E-state index contributed by atoms with van der Waals surface area (Å²) in [7, 11) is 0. The van der Waals surface area contributed by atoms with E-state index in [1.165, 1.54) is 25.7 Å². The first-order valence-electron chi connectivity index (χ1n) is 8.73. The topological polar surface area (TPSA) is 26.3 Å². The fraction of sp³-hybridized carbons (Fsp3) is 0.850. The molecule has 0 bridgehead atoms. The molecular weight excluding hydrogens is 272 g/mol. The highest BCUT2D eigenvalue weighted by Gasteiger charge is 2.17. The monoisotopic (exact) mass is 310 g/mol. The van der Waals surface area contributed by atoms with Gasteiger partial charge in [0.2, 0.25) is 0 Å². The Bertz CT molecular complexity index is 322. The van der Waals surface area contributed by atoms with Crippen LogP contribution in [0.15, 0.2) is 12.2 Å². The van der Waals surface area contributed by atoms with Crippen molar-refractivity contribution in [2.45, 2.75) is 87.0 Å². The number of ether oxygens (including phenoxy) is 1. The van der Waals surface area contributed by atoms with Crippen LogP contribution in [0.5, 0.6) is 0 Å². The second kappa shape index (κ2) is 9.37. The number of esters is 1. The smallest absolute Gasteiger partial charge is 0.333 e. The van der Waals surface area contributed by atoms with Gasteiger partial charge in [-0.25, -0.2) is 4.79 Å². The fourth-order valence-electron chi connectivity index (χ4n) is 2.47. The summed E-state index contributed by atoms with van der Waals surface area (Å²) in [6, 6.07) is 0. The number of hydrogen-bond donors (Lipinski definition) is 0. The lowest BCUT2D eigenvalue weighted by atomic mass is 9.85. The van der Waals surface area contributed by atoms with Gasteiger partial charge in [-0.05, 0) is 49.4 Å². The maximum atomic E-state index is 11.6. The fourth-order valence-corrected chi connectivity index (χ4v) is 2.47. The van der Waals surface area contributed by atoms with Crippen LogP contribution in [0.4, 0.5) is 0 Å². The van der Waals surface area contributed by atoms with Crippen LogP contribution >= 0.6 is 0 Å². The first-order valence-corrected chi connectivity index (χ1v) is 8.73. The molecule has 0 radical (unpaired) electrons. The number of hydrogen-bond acceptors (Lipinski definition) is 2. The molecule has 0 heterocycles. The molecule has 0 fully saturated rings. The van der Waals surface area contributed by atoms with E-state index in [1.54, 1.807) is 6.92 Å². The van der Waals surface area contributed by atoms with Gasteiger partial charge in [0.15, 0.2) is 0 Å². The van der Waals surface area contributed by atoms with Crippen LogP contribution in [0.1, 0.15) is 87.0 Å². The van der Waals surface area contributed by atoms with E-state index < -0.39 is 0 Å². The Balaban J connectivity index is 4.30. The molecule has 0 aliphatic carbocycles. The van der Waals surface area contributed by atoms with E-state index in [-0.39, 0.29) is 5.97 Å². The van der Waals surface area contributed by atoms with E-state index in [0.717, 1.165) is 12.8 Å². The van der Waals surface area contributed by atoms with Crippen LogP contribution in [-0.4, -0.2) is 12.6 Å². The van der Waals surface area contributed by atoms with Gasteiger partial charge in [-0.15, -0.1) is 0 Å². The summed E-state index contributed by atoms with van der Waals surface area (Å²) < 4.78 is 5.39. The quantitative estimate of drug-likeness (QED) is 0.377. The SMILES string of the molecule is C=C(C)C(=O)OCC(CCCC(C)(C)C)CCCC(C)(C)C. The molecule has 2 heteroatoms. The third kappa shape index (κ3) is 12.9. The third-order valence-corrected chi connectivity index (χ3v) is 3.88. The summed E-state index contributed by atoms with van der Waals surface area (Å²) >= 11 is 0. The highest BCUT2D eigenvalue weighted by molar-refractivity contribution is 5.86. The Morgan fingerprint density at radius 2 is 1.36 bits per heavy atom. The lowest BCUT2D eigenvalue weighted by Crippen LogP contribution is -2.16. The Labute approximate surface area is 138 Å². The van der Waals surface area contributed by atoms with Crippen molar-refractivity contribution in [1.29, 1.82) is 0 Å². The zero-order valence-electron chi connectivity index (χ0n) is 16.1. The van der Waals surface area contributed by atoms with Crippen LogP contribution in [0.25, 0.3) is 0 Å². The Morgan fingerprint density at radius 1 is 0.955 bits per heavy atom. The summed E-state index contributed by atoms with van der Waals surface area (Å²) in [4.78, 5) is 11.6. The van der Waals surface area contributed by atoms with E-state index in [0.29, 0.717) is 28.9 Å². The van der Waals surface area contributed by atoms with Crippen molar-refractivity contribution in [2.24, 2.45) is 16.7 Å². The van der Waals surface area contributed by atoms with Crippen molar-refractivity contribution >= 4 is 5.97 Å². The van der Waals surface area contributed by atoms with Gasteiger partial charge in [-0.1, -0.05) is 61.0 Å². The van der Waals surface area contributed by atoms with E-state index in [9.17, 15) is 4.79 Å². The van der Waals surface area contributed by atoms with Gasteiger partial charge >= 0.3 is 5.97 Å². The van der Waals surface area contributed by atoms with Crippen molar-refractivity contribution in [3.8, 4) is 0 Å². The molecule has 0 rings (SSSR count). The minimum Gasteiger partial charge on any atom is -0.462 e. The Hall–Kier alpha value is -0.790. The van der Waals surface area contributed by atoms with Crippen LogP contribution in [0.2, 0.25) is 0 Å². The van der Waals surface area contributed by atoms with E-state index in [2.05, 4.69) is 48.1 Å². The van der Waals surface area contributed by atoms with Crippen LogP contribution in [0, 0.1) is 16.7 Å². The molecule has 22 heavy (non-hydrogen) atoms. The minimum absolute atomic E-state index is 0.253. The summed E-state index contributed by atoms with van der Waals surface area (Å²) in [5.41, 5.74) is 1.25. The first kappa shape index (κ1) is 21.2. The Morgan fingerprint density at radius 3 is 1.68 bits per heavy atom. The molecule has 0 aromatic rings. The maximum Gasteiger partial charge on any atom is 0.333 e. The second-order valence-corrected chi connectivity index (χ2v) is 9.15. The largest absolute Gasteiger partial charge is 0.462 e. The van der Waals surface area contributed by atoms with Gasteiger partial charge in [0.1, 0.15) is 0 Å². The van der Waals surface area contributed by atoms with Gasteiger partial charge in [-0.3, -0.25) is 0 Å². The summed E-state index contributed by atoms with van der Waals surface area (Å²) in [5.74, 6) is 0.227. The van der Waals surface area contributed by atoms with Crippen molar-refractivity contribution < 1.29 is 9.53 Å². The summed E-state index contributed by atoms with van der Waals surface area (Å²) in [5, 5.41) is 0. The maximum absolute atomic E-state index is 11.6. The van der Waals surface area contributed by atoms with Gasteiger partial charge in [0.05, 0.1) is 6.61 Å². The van der Waals surface area contributed by atoms with Crippen molar-refractivity contribution in [3.63, 3.8) is 0 Å². The standard InChI is InChI=1S/C20H38O2/c1-16(2)18(21)22-15-17(11-9-13-19(3,4)5)12-10-14-20(6,7)8/h17H,1,9-15H2,2-8H3. The highest BCUT2D eigenvalue weighted by Crippen LogP contribution is 2.27. The number of carbonyl (C=O) groups excluding carboxylic acids is 1. The summed E-state index contributed by atoms with van der Waals surface area (Å²) in [6.45, 7) is 19.6. The molecule has 0 atom stereocenters. The third-order valence-electron chi connectivity index (χ3n) is 3.88. The lowest BCUT2D eigenvalue weighted by Gasteiger charge is -2.23. The highest BCUT2D eigenvalue weighted by atomic mass is 16.5. The first-order chi connectivity index (χ1) is 9.91. The predicted molar refractivity (Wildman–Crippen MR) is 95.9 cm³/mol. The molecule has 0 saturated carbocycles.